The molecule has 0 bridgehead atoms. The van der Waals surface area contributed by atoms with Crippen LogP contribution in [-0.4, -0.2) is 53.9 Å². The van der Waals surface area contributed by atoms with Crippen LogP contribution in [0.25, 0.3) is 0 Å². The molecule has 0 spiro atoms. The number of nitrogens with zero attached hydrogens (tertiary/aromatic N) is 2. The van der Waals surface area contributed by atoms with Gasteiger partial charge in [-0.05, 0) is 64.3 Å². The molecule has 0 saturated carbocycles. The summed E-state index contributed by atoms with van der Waals surface area (Å²) in [7, 11) is 1.77. The molecular formula is C19H28N2O3. The Labute approximate surface area is 144 Å². The summed E-state index contributed by atoms with van der Waals surface area (Å²) in [5.74, 6) is 0.619. The average molecular weight is 332 g/mol. The van der Waals surface area contributed by atoms with Crippen LogP contribution in [0, 0.1) is 0 Å². The summed E-state index contributed by atoms with van der Waals surface area (Å²) in [4.78, 5) is 28.1. The fourth-order valence-corrected chi connectivity index (χ4v) is 3.19. The van der Waals surface area contributed by atoms with Gasteiger partial charge in [-0.25, -0.2) is 0 Å². The highest BCUT2D eigenvalue weighted by atomic mass is 16.5. The molecule has 1 fully saturated rings. The molecular weight excluding hydrogens is 304 g/mol. The van der Waals surface area contributed by atoms with Gasteiger partial charge in [-0.1, -0.05) is 0 Å². The maximum atomic E-state index is 12.4. The number of hydrogen-bond acceptors (Lipinski definition) is 3. The topological polar surface area (TPSA) is 49.9 Å². The van der Waals surface area contributed by atoms with Crippen molar-refractivity contribution in [3.63, 3.8) is 0 Å². The van der Waals surface area contributed by atoms with Gasteiger partial charge in [0.05, 0.1) is 0 Å². The minimum Gasteiger partial charge on any atom is -0.484 e. The first-order valence-electron chi connectivity index (χ1n) is 8.73. The third kappa shape index (κ3) is 4.28. The van der Waals surface area contributed by atoms with Gasteiger partial charge in [0, 0.05) is 31.2 Å². The lowest BCUT2D eigenvalue weighted by Gasteiger charge is -2.38. The van der Waals surface area contributed by atoms with E-state index in [9.17, 15) is 9.59 Å². The zero-order chi connectivity index (χ0) is 17.7. The van der Waals surface area contributed by atoms with E-state index in [1.165, 1.54) is 6.42 Å². The van der Waals surface area contributed by atoms with E-state index in [1.54, 1.807) is 36.2 Å². The molecule has 5 nitrogen and oxygen atoms in total. The molecule has 2 atom stereocenters. The summed E-state index contributed by atoms with van der Waals surface area (Å²) < 4.78 is 5.62. The molecule has 0 radical (unpaired) electrons. The number of amides is 2. The summed E-state index contributed by atoms with van der Waals surface area (Å²) >= 11 is 0. The number of likely N-dealkylation sites (tertiary alicyclic amines) is 1. The van der Waals surface area contributed by atoms with Gasteiger partial charge in [-0.3, -0.25) is 9.59 Å². The van der Waals surface area contributed by atoms with Crippen molar-refractivity contribution in [2.24, 2.45) is 0 Å². The second-order valence-corrected chi connectivity index (χ2v) is 6.56. The highest BCUT2D eigenvalue weighted by Crippen LogP contribution is 2.23. The number of carbonyl (C=O) groups is 2. The Morgan fingerprint density at radius 3 is 2.29 bits per heavy atom. The van der Waals surface area contributed by atoms with Crippen molar-refractivity contribution >= 4 is 11.8 Å². The first kappa shape index (κ1) is 18.3. The van der Waals surface area contributed by atoms with Crippen molar-refractivity contribution in [1.82, 2.24) is 9.80 Å². The number of ether oxygens (including phenoxy) is 1. The third-order valence-corrected chi connectivity index (χ3v) is 4.77. The summed E-state index contributed by atoms with van der Waals surface area (Å²) in [6, 6.07) is 7.50. The van der Waals surface area contributed by atoms with Crippen molar-refractivity contribution in [3.8, 4) is 5.75 Å². The first-order valence-corrected chi connectivity index (χ1v) is 8.73. The second-order valence-electron chi connectivity index (χ2n) is 6.56. The predicted molar refractivity (Wildman–Crippen MR) is 94.2 cm³/mol. The number of rotatable bonds is 5. The molecule has 2 unspecified atom stereocenters. The Kier molecular flexibility index (Phi) is 6.23. The van der Waals surface area contributed by atoms with Crippen LogP contribution in [0.3, 0.4) is 0 Å². The van der Waals surface area contributed by atoms with Gasteiger partial charge in [0.25, 0.3) is 11.8 Å². The fourth-order valence-electron chi connectivity index (χ4n) is 3.19. The maximum Gasteiger partial charge on any atom is 0.260 e. The minimum atomic E-state index is -0.0175. The van der Waals surface area contributed by atoms with Crippen LogP contribution in [0.2, 0.25) is 0 Å². The standard InChI is InChI=1S/C19H28N2O3/c1-5-20(4)19(23)16-9-11-17(12-10-16)24-13-18(22)21-14(2)7-6-8-15(21)3/h9-12,14-15H,5-8,13H2,1-4H3. The largest absolute Gasteiger partial charge is 0.484 e. The van der Waals surface area contributed by atoms with Crippen molar-refractivity contribution in [3.05, 3.63) is 29.8 Å². The molecule has 2 rings (SSSR count). The maximum absolute atomic E-state index is 12.4. The normalized spacial score (nSPS) is 20.6. The molecule has 1 saturated heterocycles. The van der Waals surface area contributed by atoms with E-state index in [-0.39, 0.29) is 30.5 Å². The van der Waals surface area contributed by atoms with Gasteiger partial charge >= 0.3 is 0 Å². The van der Waals surface area contributed by atoms with Crippen molar-refractivity contribution in [2.45, 2.75) is 52.1 Å². The molecule has 132 valence electrons. The number of hydrogen-bond donors (Lipinski definition) is 0. The van der Waals surface area contributed by atoms with E-state index in [0.717, 1.165) is 12.8 Å². The van der Waals surface area contributed by atoms with E-state index in [0.29, 0.717) is 17.9 Å². The smallest absolute Gasteiger partial charge is 0.260 e. The lowest BCUT2D eigenvalue weighted by atomic mass is 9.97. The summed E-state index contributed by atoms with van der Waals surface area (Å²) in [6.45, 7) is 6.83. The van der Waals surface area contributed by atoms with Crippen LogP contribution < -0.4 is 4.74 Å². The Hall–Kier alpha value is -2.04. The molecule has 1 aliphatic heterocycles. The van der Waals surface area contributed by atoms with E-state index < -0.39 is 0 Å². The summed E-state index contributed by atoms with van der Waals surface area (Å²) in [6.07, 6.45) is 3.28. The van der Waals surface area contributed by atoms with Crippen molar-refractivity contribution < 1.29 is 14.3 Å². The van der Waals surface area contributed by atoms with Crippen LogP contribution in [0.5, 0.6) is 5.75 Å². The summed E-state index contributed by atoms with van der Waals surface area (Å²) in [5, 5.41) is 0. The lowest BCUT2D eigenvalue weighted by molar-refractivity contribution is -0.139. The van der Waals surface area contributed by atoms with Crippen molar-refractivity contribution in [2.75, 3.05) is 20.2 Å². The quantitative estimate of drug-likeness (QED) is 0.833. The monoisotopic (exact) mass is 332 g/mol. The predicted octanol–water partition coefficient (Wildman–Crippen LogP) is 2.95. The average Bonchev–Trinajstić information content (AvgIpc) is 2.59. The molecule has 0 N–H and O–H groups in total. The molecule has 1 heterocycles. The second kappa shape index (κ2) is 8.18. The molecule has 5 heteroatoms. The summed E-state index contributed by atoms with van der Waals surface area (Å²) in [5.41, 5.74) is 0.622. The third-order valence-electron chi connectivity index (χ3n) is 4.77. The van der Waals surface area contributed by atoms with Crippen LogP contribution in [0.4, 0.5) is 0 Å². The highest BCUT2D eigenvalue weighted by Gasteiger charge is 2.28. The van der Waals surface area contributed by atoms with Gasteiger partial charge in [-0.15, -0.1) is 0 Å². The van der Waals surface area contributed by atoms with Crippen molar-refractivity contribution in [1.29, 1.82) is 0 Å². The molecule has 1 aliphatic rings. The highest BCUT2D eigenvalue weighted by molar-refractivity contribution is 5.94. The Morgan fingerprint density at radius 2 is 1.75 bits per heavy atom. The first-order chi connectivity index (χ1) is 11.4. The number of piperidine rings is 1. The molecule has 1 aromatic rings. The Morgan fingerprint density at radius 1 is 1.17 bits per heavy atom. The minimum absolute atomic E-state index is 0.0175. The van der Waals surface area contributed by atoms with E-state index in [4.69, 9.17) is 4.74 Å². The van der Waals surface area contributed by atoms with E-state index in [1.807, 2.05) is 11.8 Å². The van der Waals surface area contributed by atoms with Gasteiger partial charge in [-0.2, -0.15) is 0 Å². The molecule has 0 aliphatic carbocycles. The van der Waals surface area contributed by atoms with E-state index in [2.05, 4.69) is 13.8 Å². The van der Waals surface area contributed by atoms with Crippen LogP contribution >= 0.6 is 0 Å². The molecule has 0 aromatic heterocycles. The molecule has 1 aromatic carbocycles. The van der Waals surface area contributed by atoms with Crippen LogP contribution in [-0.2, 0) is 4.79 Å². The molecule has 2 amide bonds. The van der Waals surface area contributed by atoms with Crippen LogP contribution in [0.15, 0.2) is 24.3 Å². The fraction of sp³-hybridized carbons (Fsp3) is 0.579. The SMILES string of the molecule is CCN(C)C(=O)c1ccc(OCC(=O)N2C(C)CCCC2C)cc1. The van der Waals surface area contributed by atoms with E-state index >= 15 is 0 Å². The van der Waals surface area contributed by atoms with Gasteiger partial charge in [0.15, 0.2) is 6.61 Å². The Bertz CT molecular complexity index is 560. The zero-order valence-electron chi connectivity index (χ0n) is 15.1. The number of benzene rings is 1. The zero-order valence-corrected chi connectivity index (χ0v) is 15.1. The lowest BCUT2D eigenvalue weighted by Crippen LogP contribution is -2.49. The van der Waals surface area contributed by atoms with Crippen LogP contribution in [0.1, 0.15) is 50.4 Å². The van der Waals surface area contributed by atoms with Gasteiger partial charge < -0.3 is 14.5 Å². The number of carbonyl (C=O) groups excluding carboxylic acids is 2. The van der Waals surface area contributed by atoms with Gasteiger partial charge in [0.1, 0.15) is 5.75 Å². The van der Waals surface area contributed by atoms with Gasteiger partial charge in [0.2, 0.25) is 0 Å². The Balaban J connectivity index is 1.92. The molecule has 24 heavy (non-hydrogen) atoms.